The van der Waals surface area contributed by atoms with Crippen molar-refractivity contribution in [3.8, 4) is 11.5 Å². The number of methoxy groups -OCH3 is 1. The topological polar surface area (TPSA) is 49.7 Å². The summed E-state index contributed by atoms with van der Waals surface area (Å²) in [6, 6.07) is 0. The molecule has 0 aliphatic rings. The van der Waals surface area contributed by atoms with Crippen molar-refractivity contribution >= 4 is 11.6 Å². The van der Waals surface area contributed by atoms with Gasteiger partial charge in [0, 0.05) is 19.8 Å². The SMILES string of the molecule is COC.Cc1c(C)c(O)c(CCl)c(C)c1O. The lowest BCUT2D eigenvalue weighted by molar-refractivity contribution is 0.277. The molecule has 1 rings (SSSR count). The first-order valence-electron chi connectivity index (χ1n) is 4.88. The monoisotopic (exact) mass is 246 g/mol. The highest BCUT2D eigenvalue weighted by atomic mass is 35.5. The van der Waals surface area contributed by atoms with E-state index in [1.54, 1.807) is 35.0 Å². The molecule has 2 N–H and O–H groups in total. The van der Waals surface area contributed by atoms with Gasteiger partial charge in [-0.2, -0.15) is 0 Å². The molecule has 0 bridgehead atoms. The zero-order valence-corrected chi connectivity index (χ0v) is 11.1. The number of ether oxygens (including phenoxy) is 1. The Morgan fingerprint density at radius 1 is 0.938 bits per heavy atom. The summed E-state index contributed by atoms with van der Waals surface area (Å²) in [7, 11) is 3.25. The molecule has 0 heterocycles. The molecule has 0 atom stereocenters. The van der Waals surface area contributed by atoms with E-state index in [1.807, 2.05) is 0 Å². The van der Waals surface area contributed by atoms with Gasteiger partial charge < -0.3 is 14.9 Å². The van der Waals surface area contributed by atoms with Crippen LogP contribution in [0.2, 0.25) is 0 Å². The summed E-state index contributed by atoms with van der Waals surface area (Å²) in [4.78, 5) is 0. The first kappa shape index (κ1) is 15.1. The average Bonchev–Trinajstić information content (AvgIpc) is 2.26. The average molecular weight is 247 g/mol. The minimum atomic E-state index is 0.197. The normalized spacial score (nSPS) is 9.62. The van der Waals surface area contributed by atoms with Gasteiger partial charge >= 0.3 is 0 Å². The number of phenols is 2. The maximum Gasteiger partial charge on any atom is 0.123 e. The van der Waals surface area contributed by atoms with Crippen molar-refractivity contribution in [3.63, 3.8) is 0 Å². The summed E-state index contributed by atoms with van der Waals surface area (Å²) < 4.78 is 4.25. The smallest absolute Gasteiger partial charge is 0.123 e. The molecule has 4 heteroatoms. The number of benzene rings is 1. The number of alkyl halides is 1. The lowest BCUT2D eigenvalue weighted by Gasteiger charge is -2.13. The maximum absolute atomic E-state index is 9.69. The van der Waals surface area contributed by atoms with Crippen LogP contribution in [0, 0.1) is 20.8 Å². The van der Waals surface area contributed by atoms with Crippen LogP contribution in [0.1, 0.15) is 22.3 Å². The highest BCUT2D eigenvalue weighted by molar-refractivity contribution is 6.17. The van der Waals surface area contributed by atoms with Gasteiger partial charge in [-0.05, 0) is 37.5 Å². The summed E-state index contributed by atoms with van der Waals surface area (Å²) in [5.74, 6) is 0.639. The van der Waals surface area contributed by atoms with Crippen LogP contribution in [0.25, 0.3) is 0 Å². The fraction of sp³-hybridized carbons (Fsp3) is 0.500. The van der Waals surface area contributed by atoms with E-state index in [9.17, 15) is 10.2 Å². The van der Waals surface area contributed by atoms with Gasteiger partial charge in [-0.3, -0.25) is 0 Å². The summed E-state index contributed by atoms with van der Waals surface area (Å²) in [6.45, 7) is 5.29. The molecular weight excluding hydrogens is 228 g/mol. The molecule has 1 aromatic carbocycles. The predicted octanol–water partition coefficient (Wildman–Crippen LogP) is 3.02. The number of rotatable bonds is 1. The third-order valence-electron chi connectivity index (χ3n) is 2.50. The quantitative estimate of drug-likeness (QED) is 0.592. The van der Waals surface area contributed by atoms with Crippen LogP contribution in [0.5, 0.6) is 11.5 Å². The molecule has 0 unspecified atom stereocenters. The van der Waals surface area contributed by atoms with E-state index in [0.717, 1.165) is 0 Å². The van der Waals surface area contributed by atoms with Crippen molar-refractivity contribution in [1.29, 1.82) is 0 Å². The second-order valence-electron chi connectivity index (χ2n) is 3.59. The molecule has 92 valence electrons. The Hall–Kier alpha value is -0.930. The van der Waals surface area contributed by atoms with E-state index in [2.05, 4.69) is 4.74 Å². The van der Waals surface area contributed by atoms with Crippen molar-refractivity contribution in [2.24, 2.45) is 0 Å². The molecule has 0 aliphatic carbocycles. The zero-order valence-electron chi connectivity index (χ0n) is 10.4. The van der Waals surface area contributed by atoms with E-state index < -0.39 is 0 Å². The molecule has 0 saturated carbocycles. The van der Waals surface area contributed by atoms with E-state index in [-0.39, 0.29) is 17.4 Å². The van der Waals surface area contributed by atoms with Crippen molar-refractivity contribution < 1.29 is 14.9 Å². The second-order valence-corrected chi connectivity index (χ2v) is 3.86. The van der Waals surface area contributed by atoms with Crippen LogP contribution in [0.4, 0.5) is 0 Å². The van der Waals surface area contributed by atoms with Crippen molar-refractivity contribution in [2.45, 2.75) is 26.7 Å². The Balaban J connectivity index is 0.000000673. The Morgan fingerprint density at radius 3 is 1.69 bits per heavy atom. The van der Waals surface area contributed by atoms with E-state index in [0.29, 0.717) is 22.3 Å². The Bertz CT molecular complexity index is 333. The molecule has 0 aromatic heterocycles. The summed E-state index contributed by atoms with van der Waals surface area (Å²) in [6.07, 6.45) is 0. The highest BCUT2D eigenvalue weighted by Gasteiger charge is 2.14. The zero-order chi connectivity index (χ0) is 12.9. The molecular formula is C12H19ClO3. The summed E-state index contributed by atoms with van der Waals surface area (Å²) >= 11 is 5.66. The number of hydrogen-bond donors (Lipinski definition) is 2. The lowest BCUT2D eigenvalue weighted by Crippen LogP contribution is -1.93. The Labute approximate surface area is 102 Å². The summed E-state index contributed by atoms with van der Waals surface area (Å²) in [5, 5.41) is 19.3. The van der Waals surface area contributed by atoms with Crippen LogP contribution < -0.4 is 0 Å². The molecule has 0 aliphatic heterocycles. The minimum absolute atomic E-state index is 0.197. The van der Waals surface area contributed by atoms with Crippen LogP contribution in [-0.4, -0.2) is 24.4 Å². The van der Waals surface area contributed by atoms with E-state index in [1.165, 1.54) is 0 Å². The number of phenolic OH excluding ortho intramolecular Hbond substituents is 2. The standard InChI is InChI=1S/C10H13ClO2.C2H6O/c1-5-6(2)10(13)8(4-11)7(3)9(5)12;1-3-2/h12-13H,4H2,1-3H3;1-2H3. The van der Waals surface area contributed by atoms with Crippen molar-refractivity contribution in [1.82, 2.24) is 0 Å². The summed E-state index contributed by atoms with van der Waals surface area (Å²) in [5.41, 5.74) is 2.68. The molecule has 0 amide bonds. The van der Waals surface area contributed by atoms with E-state index >= 15 is 0 Å². The van der Waals surface area contributed by atoms with Crippen LogP contribution >= 0.6 is 11.6 Å². The Morgan fingerprint density at radius 2 is 1.31 bits per heavy atom. The van der Waals surface area contributed by atoms with Crippen molar-refractivity contribution in [3.05, 3.63) is 22.3 Å². The number of aromatic hydroxyl groups is 2. The third-order valence-corrected chi connectivity index (χ3v) is 2.77. The molecule has 0 spiro atoms. The first-order chi connectivity index (χ1) is 7.42. The lowest BCUT2D eigenvalue weighted by atomic mass is 9.98. The fourth-order valence-electron chi connectivity index (χ4n) is 1.35. The van der Waals surface area contributed by atoms with Crippen LogP contribution in [0.15, 0.2) is 0 Å². The number of halogens is 1. The molecule has 0 fully saturated rings. The van der Waals surface area contributed by atoms with Gasteiger partial charge in [0.1, 0.15) is 11.5 Å². The maximum atomic E-state index is 9.69. The number of hydrogen-bond acceptors (Lipinski definition) is 3. The van der Waals surface area contributed by atoms with Gasteiger partial charge in [-0.1, -0.05) is 0 Å². The largest absolute Gasteiger partial charge is 0.507 e. The minimum Gasteiger partial charge on any atom is -0.507 e. The fourth-order valence-corrected chi connectivity index (χ4v) is 1.67. The third kappa shape index (κ3) is 3.03. The Kier molecular flexibility index (Phi) is 6.22. The molecule has 0 saturated heterocycles. The van der Waals surface area contributed by atoms with Gasteiger partial charge in [0.25, 0.3) is 0 Å². The van der Waals surface area contributed by atoms with Gasteiger partial charge in [-0.25, -0.2) is 0 Å². The van der Waals surface area contributed by atoms with Crippen LogP contribution in [-0.2, 0) is 10.6 Å². The second kappa shape index (κ2) is 6.61. The molecule has 16 heavy (non-hydrogen) atoms. The highest BCUT2D eigenvalue weighted by Crippen LogP contribution is 2.36. The predicted molar refractivity (Wildman–Crippen MR) is 66.5 cm³/mol. The van der Waals surface area contributed by atoms with Gasteiger partial charge in [0.2, 0.25) is 0 Å². The van der Waals surface area contributed by atoms with Gasteiger partial charge in [0.15, 0.2) is 0 Å². The van der Waals surface area contributed by atoms with Crippen molar-refractivity contribution in [2.75, 3.05) is 14.2 Å². The van der Waals surface area contributed by atoms with E-state index in [4.69, 9.17) is 11.6 Å². The van der Waals surface area contributed by atoms with Gasteiger partial charge in [0.05, 0.1) is 5.88 Å². The van der Waals surface area contributed by atoms with Crippen LogP contribution in [0.3, 0.4) is 0 Å². The first-order valence-corrected chi connectivity index (χ1v) is 5.42. The van der Waals surface area contributed by atoms with Gasteiger partial charge in [-0.15, -0.1) is 11.6 Å². The molecule has 0 radical (unpaired) electrons. The molecule has 1 aromatic rings. The molecule has 3 nitrogen and oxygen atoms in total.